The molecule has 0 bridgehead atoms. The molecule has 146 valence electrons. The molecule has 6 heteroatoms. The fraction of sp³-hybridized carbons (Fsp3) is 0.571. The largest absolute Gasteiger partial charge is 0.347 e. The average Bonchev–Trinajstić information content (AvgIpc) is 3.05. The fourth-order valence-corrected chi connectivity index (χ4v) is 3.74. The highest BCUT2D eigenvalue weighted by Gasteiger charge is 2.24. The van der Waals surface area contributed by atoms with Crippen LogP contribution in [-0.4, -0.2) is 44.7 Å². The summed E-state index contributed by atoms with van der Waals surface area (Å²) >= 11 is 0. The molecule has 0 unspecified atom stereocenters. The molecule has 27 heavy (non-hydrogen) atoms. The number of likely N-dealkylation sites (tertiary alicyclic amines) is 1. The number of carbonyl (C=O) groups is 1. The summed E-state index contributed by atoms with van der Waals surface area (Å²) in [5.41, 5.74) is 2.89. The van der Waals surface area contributed by atoms with E-state index in [-0.39, 0.29) is 11.9 Å². The van der Waals surface area contributed by atoms with Crippen LogP contribution in [0.25, 0.3) is 0 Å². The lowest BCUT2D eigenvalue weighted by atomic mass is 10.0. The molecule has 3 heterocycles. The van der Waals surface area contributed by atoms with Gasteiger partial charge in [-0.15, -0.1) is 0 Å². The van der Waals surface area contributed by atoms with Gasteiger partial charge in [0.05, 0.1) is 5.69 Å². The van der Waals surface area contributed by atoms with E-state index < -0.39 is 0 Å². The normalized spacial score (nSPS) is 18.0. The van der Waals surface area contributed by atoms with Crippen LogP contribution in [0.5, 0.6) is 0 Å². The SMILES string of the molecule is CCn1nc(CC(C)C)cc1C(=O)N[C@H]1CCCN(Cc2cccnc2)C1. The number of pyridine rings is 1. The lowest BCUT2D eigenvalue weighted by Gasteiger charge is -2.33. The minimum absolute atomic E-state index is 0.00687. The van der Waals surface area contributed by atoms with Crippen LogP contribution >= 0.6 is 0 Å². The second-order valence-electron chi connectivity index (χ2n) is 7.84. The van der Waals surface area contributed by atoms with Crippen molar-refractivity contribution in [2.75, 3.05) is 13.1 Å². The molecule has 2 aromatic rings. The number of nitrogens with zero attached hydrogens (tertiary/aromatic N) is 4. The quantitative estimate of drug-likeness (QED) is 0.815. The van der Waals surface area contributed by atoms with Crippen LogP contribution in [0.15, 0.2) is 30.6 Å². The molecule has 6 nitrogen and oxygen atoms in total. The highest BCUT2D eigenvalue weighted by Crippen LogP contribution is 2.15. The van der Waals surface area contributed by atoms with E-state index in [1.54, 1.807) is 6.20 Å². The van der Waals surface area contributed by atoms with E-state index in [1.807, 2.05) is 29.9 Å². The van der Waals surface area contributed by atoms with E-state index in [1.165, 1.54) is 5.56 Å². The topological polar surface area (TPSA) is 63.1 Å². The van der Waals surface area contributed by atoms with Gasteiger partial charge in [-0.25, -0.2) is 0 Å². The van der Waals surface area contributed by atoms with Crippen LogP contribution < -0.4 is 5.32 Å². The molecule has 1 N–H and O–H groups in total. The van der Waals surface area contributed by atoms with Gasteiger partial charge in [0.2, 0.25) is 0 Å². The molecular formula is C21H31N5O. The van der Waals surface area contributed by atoms with Crippen LogP contribution in [0.1, 0.15) is 55.4 Å². The number of rotatable bonds is 7. The van der Waals surface area contributed by atoms with E-state index >= 15 is 0 Å². The minimum Gasteiger partial charge on any atom is -0.347 e. The highest BCUT2D eigenvalue weighted by atomic mass is 16.2. The second kappa shape index (κ2) is 9.13. The molecule has 1 saturated heterocycles. The first-order valence-electron chi connectivity index (χ1n) is 10.0. The first-order valence-corrected chi connectivity index (χ1v) is 10.0. The maximum absolute atomic E-state index is 12.9. The lowest BCUT2D eigenvalue weighted by Crippen LogP contribution is -2.47. The van der Waals surface area contributed by atoms with Crippen LogP contribution in [0.3, 0.4) is 0 Å². The molecule has 3 rings (SSSR count). The van der Waals surface area contributed by atoms with E-state index in [2.05, 4.69) is 40.2 Å². The minimum atomic E-state index is -0.00687. The number of aromatic nitrogens is 3. The van der Waals surface area contributed by atoms with E-state index in [9.17, 15) is 4.79 Å². The Hall–Kier alpha value is -2.21. The van der Waals surface area contributed by atoms with Gasteiger partial charge < -0.3 is 5.32 Å². The Morgan fingerprint density at radius 3 is 2.96 bits per heavy atom. The zero-order chi connectivity index (χ0) is 19.2. The third-order valence-corrected chi connectivity index (χ3v) is 4.95. The molecule has 0 aromatic carbocycles. The van der Waals surface area contributed by atoms with Gasteiger partial charge >= 0.3 is 0 Å². The number of hydrogen-bond donors (Lipinski definition) is 1. The Morgan fingerprint density at radius 2 is 2.26 bits per heavy atom. The van der Waals surface area contributed by atoms with Crippen molar-refractivity contribution in [2.45, 2.75) is 59.2 Å². The Balaban J connectivity index is 1.61. The lowest BCUT2D eigenvalue weighted by molar-refractivity contribution is 0.0890. The van der Waals surface area contributed by atoms with Crippen molar-refractivity contribution in [3.63, 3.8) is 0 Å². The molecule has 1 fully saturated rings. The number of hydrogen-bond acceptors (Lipinski definition) is 4. The van der Waals surface area contributed by atoms with Gasteiger partial charge in [-0.1, -0.05) is 19.9 Å². The molecule has 0 spiro atoms. The van der Waals surface area contributed by atoms with Crippen molar-refractivity contribution in [2.24, 2.45) is 5.92 Å². The zero-order valence-electron chi connectivity index (χ0n) is 16.7. The van der Waals surface area contributed by atoms with Gasteiger partial charge in [-0.2, -0.15) is 5.10 Å². The summed E-state index contributed by atoms with van der Waals surface area (Å²) < 4.78 is 1.82. The molecule has 1 amide bonds. The number of nitrogens with one attached hydrogen (secondary N) is 1. The predicted molar refractivity (Wildman–Crippen MR) is 106 cm³/mol. The third kappa shape index (κ3) is 5.39. The standard InChI is InChI=1S/C21H31N5O/c1-4-26-20(12-19(24-26)11-16(2)3)21(27)23-18-8-6-10-25(15-18)14-17-7-5-9-22-13-17/h5,7,9,12-13,16,18H,4,6,8,10-11,14-15H2,1-3H3,(H,23,27)/t18-/m0/s1. The Labute approximate surface area is 162 Å². The molecule has 0 radical (unpaired) electrons. The fourth-order valence-electron chi connectivity index (χ4n) is 3.74. The molecule has 2 aromatic heterocycles. The van der Waals surface area contributed by atoms with Gasteiger partial charge in [0.15, 0.2) is 0 Å². The van der Waals surface area contributed by atoms with Gasteiger partial charge in [0.1, 0.15) is 5.69 Å². The van der Waals surface area contributed by atoms with Crippen molar-refractivity contribution in [3.8, 4) is 0 Å². The molecule has 0 saturated carbocycles. The zero-order valence-corrected chi connectivity index (χ0v) is 16.7. The van der Waals surface area contributed by atoms with E-state index in [0.717, 1.165) is 44.6 Å². The maximum Gasteiger partial charge on any atom is 0.269 e. The van der Waals surface area contributed by atoms with Crippen LogP contribution in [0.2, 0.25) is 0 Å². The second-order valence-corrected chi connectivity index (χ2v) is 7.84. The Kier molecular flexibility index (Phi) is 6.61. The molecule has 1 atom stereocenters. The highest BCUT2D eigenvalue weighted by molar-refractivity contribution is 5.92. The summed E-state index contributed by atoms with van der Waals surface area (Å²) in [7, 11) is 0. The smallest absolute Gasteiger partial charge is 0.269 e. The van der Waals surface area contributed by atoms with Crippen molar-refractivity contribution in [1.82, 2.24) is 25.0 Å². The summed E-state index contributed by atoms with van der Waals surface area (Å²) in [5, 5.41) is 7.83. The van der Waals surface area contributed by atoms with Gasteiger partial charge in [-0.05, 0) is 56.3 Å². The summed E-state index contributed by atoms with van der Waals surface area (Å²) in [5.74, 6) is 0.521. The molecule has 0 aliphatic carbocycles. The number of aryl methyl sites for hydroxylation is 1. The number of carbonyl (C=O) groups excluding carboxylic acids is 1. The summed E-state index contributed by atoms with van der Waals surface area (Å²) in [6.07, 6.45) is 6.73. The van der Waals surface area contributed by atoms with E-state index in [4.69, 9.17) is 0 Å². The van der Waals surface area contributed by atoms with Gasteiger partial charge in [-0.3, -0.25) is 19.4 Å². The van der Waals surface area contributed by atoms with E-state index in [0.29, 0.717) is 18.2 Å². The monoisotopic (exact) mass is 369 g/mol. The summed E-state index contributed by atoms with van der Waals surface area (Å²) in [4.78, 5) is 19.4. The van der Waals surface area contributed by atoms with Gasteiger partial charge in [0, 0.05) is 38.1 Å². The molecular weight excluding hydrogens is 338 g/mol. The third-order valence-electron chi connectivity index (χ3n) is 4.95. The summed E-state index contributed by atoms with van der Waals surface area (Å²) in [6.45, 7) is 9.89. The first kappa shape index (κ1) is 19.5. The van der Waals surface area contributed by atoms with Crippen molar-refractivity contribution < 1.29 is 4.79 Å². The van der Waals surface area contributed by atoms with Crippen LogP contribution in [-0.2, 0) is 19.5 Å². The van der Waals surface area contributed by atoms with Crippen molar-refractivity contribution in [3.05, 3.63) is 47.5 Å². The Morgan fingerprint density at radius 1 is 1.41 bits per heavy atom. The molecule has 1 aliphatic rings. The van der Waals surface area contributed by atoms with Crippen LogP contribution in [0, 0.1) is 5.92 Å². The predicted octanol–water partition coefficient (Wildman–Crippen LogP) is 2.89. The number of piperidine rings is 1. The van der Waals surface area contributed by atoms with Crippen molar-refractivity contribution >= 4 is 5.91 Å². The van der Waals surface area contributed by atoms with Gasteiger partial charge in [0.25, 0.3) is 5.91 Å². The molecule has 1 aliphatic heterocycles. The maximum atomic E-state index is 12.9. The Bertz CT molecular complexity index is 740. The number of amides is 1. The first-order chi connectivity index (χ1) is 13.0. The van der Waals surface area contributed by atoms with Crippen LogP contribution in [0.4, 0.5) is 0 Å². The average molecular weight is 370 g/mol. The van der Waals surface area contributed by atoms with Crippen molar-refractivity contribution in [1.29, 1.82) is 0 Å². The summed E-state index contributed by atoms with van der Waals surface area (Å²) in [6, 6.07) is 6.20.